The van der Waals surface area contributed by atoms with Gasteiger partial charge in [-0.05, 0) is 66.8 Å². The summed E-state index contributed by atoms with van der Waals surface area (Å²) in [6, 6.07) is 7.73. The Morgan fingerprint density at radius 3 is 2.77 bits per heavy atom. The number of hydrogen-bond donors (Lipinski definition) is 1. The molecule has 0 bridgehead atoms. The van der Waals surface area contributed by atoms with E-state index in [1.165, 1.54) is 10.4 Å². The van der Waals surface area contributed by atoms with Crippen LogP contribution in [0.4, 0.5) is 5.00 Å². The molecule has 1 atom stereocenters. The van der Waals surface area contributed by atoms with Crippen LogP contribution in [0.5, 0.6) is 11.5 Å². The van der Waals surface area contributed by atoms with E-state index < -0.39 is 5.91 Å². The minimum atomic E-state index is -0.549. The highest BCUT2D eigenvalue weighted by molar-refractivity contribution is 7.16. The van der Waals surface area contributed by atoms with Gasteiger partial charge in [-0.2, -0.15) is 5.26 Å². The summed E-state index contributed by atoms with van der Waals surface area (Å²) in [5, 5.41) is 10.5. The Hall–Kier alpha value is -2.85. The topological polar surface area (TPSA) is 97.7 Å². The normalized spacial score (nSPS) is 16.0. The molecule has 0 saturated heterocycles. The van der Waals surface area contributed by atoms with Crippen molar-refractivity contribution in [1.29, 1.82) is 5.26 Å². The average Bonchev–Trinajstić information content (AvgIpc) is 3.07. The van der Waals surface area contributed by atoms with Crippen LogP contribution in [0.3, 0.4) is 0 Å². The van der Waals surface area contributed by atoms with Crippen LogP contribution in [0, 0.1) is 22.7 Å². The standard InChI is InChI=1S/C24H29N3O3S/c1-5-29-20-10-15(6-9-19(20)30-14-22(26)28)13-27-23-18(12-25)17-8-7-16(24(2,3)4)11-21(17)31-23/h6,9-10,13,16H,5,7-8,11,14H2,1-4H3,(H2,26,28)/t16-/m1/s1. The quantitative estimate of drug-likeness (QED) is 0.628. The molecule has 1 amide bonds. The molecule has 2 aromatic rings. The second kappa shape index (κ2) is 9.52. The molecule has 164 valence electrons. The van der Waals surface area contributed by atoms with Crippen LogP contribution in [-0.2, 0) is 17.6 Å². The number of rotatable bonds is 7. The van der Waals surface area contributed by atoms with Crippen molar-refractivity contribution >= 4 is 28.5 Å². The molecule has 2 N–H and O–H groups in total. The molecule has 0 saturated carbocycles. The number of nitriles is 1. The molecule has 0 unspecified atom stereocenters. The lowest BCUT2D eigenvalue weighted by molar-refractivity contribution is -0.119. The number of benzene rings is 1. The summed E-state index contributed by atoms with van der Waals surface area (Å²) in [6.07, 6.45) is 4.79. The van der Waals surface area contributed by atoms with Crippen LogP contribution in [0.2, 0.25) is 0 Å². The van der Waals surface area contributed by atoms with E-state index in [1.807, 2.05) is 13.0 Å². The van der Waals surface area contributed by atoms with Crippen molar-refractivity contribution < 1.29 is 14.3 Å². The monoisotopic (exact) mass is 439 g/mol. The molecule has 1 aliphatic rings. The minimum absolute atomic E-state index is 0.213. The third kappa shape index (κ3) is 5.45. The highest BCUT2D eigenvalue weighted by atomic mass is 32.1. The number of primary amides is 1. The van der Waals surface area contributed by atoms with Gasteiger partial charge >= 0.3 is 0 Å². The third-order valence-electron chi connectivity index (χ3n) is 5.55. The number of hydrogen-bond acceptors (Lipinski definition) is 6. The number of ether oxygens (including phenoxy) is 2. The Balaban J connectivity index is 1.85. The molecule has 6 nitrogen and oxygen atoms in total. The average molecular weight is 440 g/mol. The molecule has 1 heterocycles. The molecule has 0 aliphatic heterocycles. The van der Waals surface area contributed by atoms with Crippen molar-refractivity contribution in [1.82, 2.24) is 0 Å². The largest absolute Gasteiger partial charge is 0.490 e. The summed E-state index contributed by atoms with van der Waals surface area (Å²) >= 11 is 1.63. The van der Waals surface area contributed by atoms with E-state index >= 15 is 0 Å². The molecule has 7 heteroatoms. The van der Waals surface area contributed by atoms with Crippen molar-refractivity contribution in [3.8, 4) is 17.6 Å². The van der Waals surface area contributed by atoms with E-state index in [-0.39, 0.29) is 12.0 Å². The van der Waals surface area contributed by atoms with Crippen LogP contribution in [-0.4, -0.2) is 25.3 Å². The van der Waals surface area contributed by atoms with E-state index in [0.717, 1.165) is 29.8 Å². The minimum Gasteiger partial charge on any atom is -0.490 e. The van der Waals surface area contributed by atoms with Gasteiger partial charge in [-0.25, -0.2) is 4.99 Å². The van der Waals surface area contributed by atoms with Gasteiger partial charge in [0.2, 0.25) is 0 Å². The van der Waals surface area contributed by atoms with Gasteiger partial charge in [0, 0.05) is 11.1 Å². The Morgan fingerprint density at radius 2 is 2.13 bits per heavy atom. The smallest absolute Gasteiger partial charge is 0.255 e. The van der Waals surface area contributed by atoms with Crippen LogP contribution in [0.1, 0.15) is 55.7 Å². The van der Waals surface area contributed by atoms with Gasteiger partial charge in [-0.1, -0.05) is 20.8 Å². The maximum Gasteiger partial charge on any atom is 0.255 e. The van der Waals surface area contributed by atoms with E-state index in [1.54, 1.807) is 29.7 Å². The van der Waals surface area contributed by atoms with E-state index in [4.69, 9.17) is 15.2 Å². The maximum absolute atomic E-state index is 11.0. The van der Waals surface area contributed by atoms with Crippen LogP contribution >= 0.6 is 11.3 Å². The second-order valence-corrected chi connectivity index (χ2v) is 9.84. The lowest BCUT2D eigenvalue weighted by atomic mass is 9.72. The van der Waals surface area contributed by atoms with E-state index in [0.29, 0.717) is 29.6 Å². The number of carbonyl (C=O) groups is 1. The molecule has 31 heavy (non-hydrogen) atoms. The first-order valence-corrected chi connectivity index (χ1v) is 11.3. The first-order valence-electron chi connectivity index (χ1n) is 10.5. The molecule has 1 aromatic carbocycles. The zero-order valence-corrected chi connectivity index (χ0v) is 19.3. The third-order valence-corrected chi connectivity index (χ3v) is 6.71. The summed E-state index contributed by atoms with van der Waals surface area (Å²) in [4.78, 5) is 16.9. The molecule has 3 rings (SSSR count). The number of nitrogens with zero attached hydrogens (tertiary/aromatic N) is 2. The predicted molar refractivity (Wildman–Crippen MR) is 124 cm³/mol. The molecule has 0 spiro atoms. The van der Waals surface area contributed by atoms with Crippen LogP contribution in [0.15, 0.2) is 23.2 Å². The zero-order valence-electron chi connectivity index (χ0n) is 18.5. The first-order chi connectivity index (χ1) is 14.7. The van der Waals surface area contributed by atoms with Gasteiger partial charge in [0.1, 0.15) is 11.1 Å². The second-order valence-electron chi connectivity index (χ2n) is 8.75. The predicted octanol–water partition coefficient (Wildman–Crippen LogP) is 4.78. The number of fused-ring (bicyclic) bond motifs is 1. The van der Waals surface area contributed by atoms with Crippen molar-refractivity contribution in [2.45, 2.75) is 47.0 Å². The summed E-state index contributed by atoms with van der Waals surface area (Å²) < 4.78 is 11.0. The number of thiophene rings is 1. The van der Waals surface area contributed by atoms with Crippen molar-refractivity contribution in [2.24, 2.45) is 22.1 Å². The number of nitrogens with two attached hydrogens (primary N) is 1. The van der Waals surface area contributed by atoms with Crippen molar-refractivity contribution in [3.05, 3.63) is 39.8 Å². The van der Waals surface area contributed by atoms with Gasteiger partial charge in [0.05, 0.1) is 12.2 Å². The van der Waals surface area contributed by atoms with Crippen LogP contribution in [0.25, 0.3) is 0 Å². The molecule has 0 radical (unpaired) electrons. The fourth-order valence-corrected chi connectivity index (χ4v) is 5.01. The molecular weight excluding hydrogens is 410 g/mol. The lowest BCUT2D eigenvalue weighted by Gasteiger charge is -2.33. The molecular formula is C24H29N3O3S. The van der Waals surface area contributed by atoms with Gasteiger partial charge in [-0.3, -0.25) is 4.79 Å². The Morgan fingerprint density at radius 1 is 1.35 bits per heavy atom. The van der Waals surface area contributed by atoms with Gasteiger partial charge < -0.3 is 15.2 Å². The lowest BCUT2D eigenvalue weighted by Crippen LogP contribution is -2.26. The fourth-order valence-electron chi connectivity index (χ4n) is 3.79. The SMILES string of the molecule is CCOc1cc(C=Nc2sc3c(c2C#N)CC[C@@H](C(C)(C)C)C3)ccc1OCC(N)=O. The van der Waals surface area contributed by atoms with E-state index in [2.05, 4.69) is 31.8 Å². The Labute approximate surface area is 187 Å². The number of carbonyl (C=O) groups excluding carboxylic acids is 1. The van der Waals surface area contributed by atoms with Crippen molar-refractivity contribution in [3.63, 3.8) is 0 Å². The van der Waals surface area contributed by atoms with Crippen LogP contribution < -0.4 is 15.2 Å². The number of aliphatic imine (C=N–C) groups is 1. The van der Waals surface area contributed by atoms with Crippen molar-refractivity contribution in [2.75, 3.05) is 13.2 Å². The molecule has 1 aromatic heterocycles. The Kier molecular flexibility index (Phi) is 7.01. The number of amides is 1. The molecule has 1 aliphatic carbocycles. The Bertz CT molecular complexity index is 1030. The summed E-state index contributed by atoms with van der Waals surface area (Å²) in [6.45, 7) is 8.97. The highest BCUT2D eigenvalue weighted by Crippen LogP contribution is 2.44. The first kappa shape index (κ1) is 22.8. The van der Waals surface area contributed by atoms with Gasteiger partial charge in [0.25, 0.3) is 5.91 Å². The fraction of sp³-hybridized carbons (Fsp3) is 0.458. The highest BCUT2D eigenvalue weighted by Gasteiger charge is 2.32. The summed E-state index contributed by atoms with van der Waals surface area (Å²) in [5.41, 5.74) is 8.10. The zero-order chi connectivity index (χ0) is 22.6. The maximum atomic E-state index is 11.0. The summed E-state index contributed by atoms with van der Waals surface area (Å²) in [5.74, 6) is 1.04. The van der Waals surface area contributed by atoms with Gasteiger partial charge in [0.15, 0.2) is 18.1 Å². The molecule has 0 fully saturated rings. The summed E-state index contributed by atoms with van der Waals surface area (Å²) in [7, 11) is 0. The van der Waals surface area contributed by atoms with Gasteiger partial charge in [-0.15, -0.1) is 11.3 Å². The van der Waals surface area contributed by atoms with E-state index in [9.17, 15) is 10.1 Å².